The number of esters is 3. The molecule has 3 bridgehead atoms. The first-order valence-electron chi connectivity index (χ1n) is 27.9. The molecular weight excluding hydrogens is 917 g/mol. The molecule has 13 heteroatoms. The summed E-state index contributed by atoms with van der Waals surface area (Å²) in [5.41, 5.74) is -6.30. The van der Waals surface area contributed by atoms with Gasteiger partial charge in [-0.1, -0.05) is 173 Å². The Morgan fingerprint density at radius 2 is 1.29 bits per heavy atom. The Morgan fingerprint density at radius 1 is 0.722 bits per heavy atom. The van der Waals surface area contributed by atoms with Crippen LogP contribution in [0.15, 0.2) is 72.8 Å². The lowest BCUT2D eigenvalue weighted by Crippen LogP contribution is -2.77. The lowest BCUT2D eigenvalue weighted by Gasteiger charge is -2.61. The Balaban J connectivity index is 1.08. The fourth-order valence-electron chi connectivity index (χ4n) is 14.6. The van der Waals surface area contributed by atoms with Crippen LogP contribution in [-0.4, -0.2) is 105 Å². The van der Waals surface area contributed by atoms with E-state index >= 15 is 0 Å². The molecular formula is C59H82O13. The minimum Gasteiger partial charge on any atom is -0.462 e. The highest BCUT2D eigenvalue weighted by molar-refractivity contribution is 5.90. The average Bonchev–Trinajstić information content (AvgIpc) is 4.00. The predicted molar refractivity (Wildman–Crippen MR) is 268 cm³/mol. The number of carbonyl (C=O) groups excluding carboxylic acids is 3. The molecule has 0 radical (unpaired) electrons. The summed E-state index contributed by atoms with van der Waals surface area (Å²) < 4.78 is 48.0. The number of aliphatic hydroxyl groups excluding tert-OH is 2. The summed E-state index contributed by atoms with van der Waals surface area (Å²) in [6.07, 6.45) is 11.8. The molecule has 3 N–H and O–H groups in total. The van der Waals surface area contributed by atoms with Crippen LogP contribution in [-0.2, 0) is 38.0 Å². The number of aliphatic hydroxyl groups is 3. The van der Waals surface area contributed by atoms with Gasteiger partial charge >= 0.3 is 23.9 Å². The van der Waals surface area contributed by atoms with Crippen molar-refractivity contribution in [2.75, 3.05) is 6.61 Å². The topological polar surface area (TPSA) is 180 Å². The van der Waals surface area contributed by atoms with Crippen LogP contribution in [0.2, 0.25) is 0 Å². The number of hydrogen-bond acceptors (Lipinski definition) is 13. The zero-order chi connectivity index (χ0) is 50.9. The number of fused-ring (bicyclic) bond motifs is 1. The number of carbonyl (C=O) groups is 3. The van der Waals surface area contributed by atoms with E-state index in [0.29, 0.717) is 18.4 Å². The number of unbranched alkanes of at least 4 members (excludes halogenated alkanes) is 12. The summed E-state index contributed by atoms with van der Waals surface area (Å²) in [4.78, 5) is 42.8. The number of ether oxygens (including phenoxy) is 7. The Hall–Kier alpha value is -3.69. The summed E-state index contributed by atoms with van der Waals surface area (Å²) >= 11 is 0. The molecule has 2 spiro atoms. The second kappa shape index (κ2) is 21.9. The largest absolute Gasteiger partial charge is 0.462 e. The Kier molecular flexibility index (Phi) is 16.1. The van der Waals surface area contributed by atoms with Crippen molar-refractivity contribution in [3.05, 3.63) is 83.9 Å². The molecule has 4 heterocycles. The van der Waals surface area contributed by atoms with E-state index in [2.05, 4.69) is 20.4 Å². The van der Waals surface area contributed by atoms with E-state index < -0.39 is 113 Å². The van der Waals surface area contributed by atoms with E-state index in [1.807, 2.05) is 13.8 Å². The van der Waals surface area contributed by atoms with Gasteiger partial charge in [-0.2, -0.15) is 0 Å². The van der Waals surface area contributed by atoms with E-state index in [4.69, 9.17) is 33.2 Å². The molecule has 3 aliphatic carbocycles. The second-order valence-corrected chi connectivity index (χ2v) is 22.9. The van der Waals surface area contributed by atoms with E-state index in [-0.39, 0.29) is 36.3 Å². The monoisotopic (exact) mass is 999 g/mol. The third-order valence-electron chi connectivity index (χ3n) is 18.3. The zero-order valence-electron chi connectivity index (χ0n) is 43.3. The number of hydrogen-bond donors (Lipinski definition) is 3. The highest BCUT2D eigenvalue weighted by Crippen LogP contribution is 2.75. The van der Waals surface area contributed by atoms with Crippen molar-refractivity contribution in [1.82, 2.24) is 0 Å². The van der Waals surface area contributed by atoms with Crippen LogP contribution in [0.3, 0.4) is 0 Å². The van der Waals surface area contributed by atoms with Crippen LogP contribution in [0.1, 0.15) is 183 Å². The molecule has 2 aromatic carbocycles. The van der Waals surface area contributed by atoms with Gasteiger partial charge in [-0.15, -0.1) is 0 Å². The first-order chi connectivity index (χ1) is 34.7. The summed E-state index contributed by atoms with van der Waals surface area (Å²) in [7, 11) is 0. The van der Waals surface area contributed by atoms with Gasteiger partial charge in [-0.25, -0.2) is 9.59 Å². The quantitative estimate of drug-likeness (QED) is 0.0354. The van der Waals surface area contributed by atoms with Gasteiger partial charge in [0.2, 0.25) is 0 Å². The summed E-state index contributed by atoms with van der Waals surface area (Å²) in [5, 5.41) is 40.2. The molecule has 0 amide bonds. The minimum absolute atomic E-state index is 0.0308. The van der Waals surface area contributed by atoms with E-state index in [1.54, 1.807) is 60.7 Å². The number of epoxide rings is 1. The van der Waals surface area contributed by atoms with Crippen molar-refractivity contribution in [2.24, 2.45) is 29.6 Å². The summed E-state index contributed by atoms with van der Waals surface area (Å²) in [6.45, 7) is 12.1. The molecule has 72 heavy (non-hydrogen) atoms. The maximum absolute atomic E-state index is 14.6. The predicted octanol–water partition coefficient (Wildman–Crippen LogP) is 10.1. The van der Waals surface area contributed by atoms with Crippen LogP contribution < -0.4 is 0 Å². The Morgan fingerprint density at radius 3 is 1.89 bits per heavy atom. The van der Waals surface area contributed by atoms with Gasteiger partial charge in [-0.05, 0) is 67.4 Å². The third-order valence-corrected chi connectivity index (χ3v) is 18.3. The fourth-order valence-corrected chi connectivity index (χ4v) is 14.6. The smallest absolute Gasteiger partial charge is 0.338 e. The molecule has 9 rings (SSSR count). The van der Waals surface area contributed by atoms with Crippen molar-refractivity contribution >= 4 is 17.9 Å². The van der Waals surface area contributed by atoms with Gasteiger partial charge in [0.1, 0.15) is 60.0 Å². The SMILES string of the molecule is C=C(C)[C@]12C[C@H](OC(=O)c3ccccc3)[C@@]34O[C@]5(O[C@@H]1[C@H]3[C@@H]1O[C@]1(COC(=O)CCCCCCCCCCCCCCC)[C@@H](O)[C@@]1(O)C4[C@@H]([C@@H](C)[C@@H]1OC(=O)c1ccccc1)[C@@H](C)CCCCCC[C@H]5O)O2. The van der Waals surface area contributed by atoms with Gasteiger partial charge < -0.3 is 48.5 Å². The highest BCUT2D eigenvalue weighted by Gasteiger charge is 2.92. The molecule has 0 aromatic heterocycles. The Bertz CT molecular complexity index is 2210. The van der Waals surface area contributed by atoms with Gasteiger partial charge in [-0.3, -0.25) is 4.79 Å². The molecule has 3 saturated carbocycles. The lowest BCUT2D eigenvalue weighted by atomic mass is 9.54. The van der Waals surface area contributed by atoms with Crippen molar-refractivity contribution in [3.8, 4) is 0 Å². The standard InChI is InChI=1S/C59H82O13/c1-6-7-8-9-10-11-12-13-14-15-16-17-28-35-45(61)66-37-56-51(69-56)47-50-55(38(2)3)36-44(67-52(62)41-30-23-20-24-31-41)58(47)48-46(39(4)29-22-18-19-27-34-43(60)59(70-50,71-55)72-58)40(5)49(57(48,65)54(56)64)68-53(63)42-32-25-21-26-33-42/h20-21,23-26,30-33,39-40,43-44,46-51,54,60,64-65H,2,6-19,22,27-29,34-37H2,1,3-5H3/t39-,40+,43+,44-,46+,47-,48?,49-,50+,51-,54+,55+,56-,57+,58+,59+/m0/s1. The molecule has 4 saturated heterocycles. The van der Waals surface area contributed by atoms with Crippen molar-refractivity contribution < 1.29 is 62.9 Å². The summed E-state index contributed by atoms with van der Waals surface area (Å²) in [5.74, 6) is -7.37. The molecule has 1 unspecified atom stereocenters. The molecule has 396 valence electrons. The van der Waals surface area contributed by atoms with Crippen LogP contribution in [0.5, 0.6) is 0 Å². The third kappa shape index (κ3) is 9.42. The normalized spacial score (nSPS) is 39.3. The van der Waals surface area contributed by atoms with Gasteiger partial charge in [0.05, 0.1) is 17.0 Å². The van der Waals surface area contributed by atoms with Crippen LogP contribution in [0.4, 0.5) is 0 Å². The van der Waals surface area contributed by atoms with E-state index in [0.717, 1.165) is 44.9 Å². The van der Waals surface area contributed by atoms with E-state index in [9.17, 15) is 29.7 Å². The number of rotatable bonds is 21. The van der Waals surface area contributed by atoms with Crippen molar-refractivity contribution in [1.29, 1.82) is 0 Å². The zero-order valence-corrected chi connectivity index (χ0v) is 43.3. The lowest BCUT2D eigenvalue weighted by molar-refractivity contribution is -0.460. The molecule has 2 aromatic rings. The molecule has 13 nitrogen and oxygen atoms in total. The first-order valence-corrected chi connectivity index (χ1v) is 27.9. The minimum atomic E-state index is -2.39. The van der Waals surface area contributed by atoms with Gasteiger partial charge in [0.25, 0.3) is 0 Å². The molecule has 7 fully saturated rings. The molecule has 16 atom stereocenters. The molecule has 4 aliphatic heterocycles. The second-order valence-electron chi connectivity index (χ2n) is 22.9. The van der Waals surface area contributed by atoms with Crippen molar-refractivity contribution in [2.45, 2.75) is 228 Å². The van der Waals surface area contributed by atoms with E-state index in [1.165, 1.54) is 57.8 Å². The maximum atomic E-state index is 14.6. The Labute approximate surface area is 427 Å². The van der Waals surface area contributed by atoms with Crippen LogP contribution >= 0.6 is 0 Å². The van der Waals surface area contributed by atoms with Gasteiger partial charge in [0.15, 0.2) is 5.60 Å². The average molecular weight is 999 g/mol. The van der Waals surface area contributed by atoms with Crippen molar-refractivity contribution in [3.63, 3.8) is 0 Å². The molecule has 7 aliphatic rings. The van der Waals surface area contributed by atoms with Crippen LogP contribution in [0.25, 0.3) is 0 Å². The summed E-state index contributed by atoms with van der Waals surface area (Å²) in [6, 6.07) is 17.2. The first kappa shape index (κ1) is 53.1. The maximum Gasteiger partial charge on any atom is 0.338 e. The van der Waals surface area contributed by atoms with Gasteiger partial charge in [0, 0.05) is 18.8 Å². The fraction of sp³-hybridized carbons (Fsp3) is 0.712. The highest BCUT2D eigenvalue weighted by atomic mass is 16.9. The number of benzene rings is 2. The van der Waals surface area contributed by atoms with Crippen LogP contribution in [0, 0.1) is 29.6 Å².